The van der Waals surface area contributed by atoms with E-state index < -0.39 is 12.1 Å². The van der Waals surface area contributed by atoms with Gasteiger partial charge in [0.25, 0.3) is 0 Å². The van der Waals surface area contributed by atoms with E-state index in [-0.39, 0.29) is 29.9 Å². The number of ether oxygens (including phenoxy) is 1. The van der Waals surface area contributed by atoms with Crippen LogP contribution in [-0.2, 0) is 4.74 Å². The van der Waals surface area contributed by atoms with Crippen molar-refractivity contribution in [3.8, 4) is 11.1 Å². The van der Waals surface area contributed by atoms with Gasteiger partial charge in [0.2, 0.25) is 0 Å². The highest BCUT2D eigenvalue weighted by molar-refractivity contribution is 5.97. The summed E-state index contributed by atoms with van der Waals surface area (Å²) in [4.78, 5) is 23.8. The largest absolute Gasteiger partial charge is 0.477 e. The molecule has 148 valence electrons. The van der Waals surface area contributed by atoms with Crippen LogP contribution in [0.3, 0.4) is 0 Å². The Bertz CT molecular complexity index is 1040. The number of aromatic carboxylic acids is 1. The van der Waals surface area contributed by atoms with E-state index in [1.165, 1.54) is 10.9 Å². The number of nitrogens with one attached hydrogen (secondary N) is 1. The SMILES string of the molecule is CC(C)n1cc(C(=O)O)c(NC(=O)OCC2c3ccccc3-c3ccccc32)n1. The van der Waals surface area contributed by atoms with Crippen LogP contribution < -0.4 is 5.32 Å². The second-order valence-electron chi connectivity index (χ2n) is 7.22. The van der Waals surface area contributed by atoms with Gasteiger partial charge in [-0.25, -0.2) is 9.59 Å². The number of nitrogens with zero attached hydrogens (tertiary/aromatic N) is 2. The van der Waals surface area contributed by atoms with Crippen molar-refractivity contribution in [2.45, 2.75) is 25.8 Å². The van der Waals surface area contributed by atoms with E-state index in [2.05, 4.69) is 22.5 Å². The van der Waals surface area contributed by atoms with Crippen molar-refractivity contribution in [2.75, 3.05) is 11.9 Å². The predicted molar refractivity (Wildman–Crippen MR) is 108 cm³/mol. The third-order valence-corrected chi connectivity index (χ3v) is 5.06. The highest BCUT2D eigenvalue weighted by atomic mass is 16.5. The molecule has 0 spiro atoms. The minimum absolute atomic E-state index is 0.0246. The summed E-state index contributed by atoms with van der Waals surface area (Å²) in [5.74, 6) is -1.26. The summed E-state index contributed by atoms with van der Waals surface area (Å²) in [6.07, 6.45) is 0.662. The average Bonchev–Trinajstić information content (AvgIpc) is 3.26. The van der Waals surface area contributed by atoms with Crippen LogP contribution in [0.5, 0.6) is 0 Å². The quantitative estimate of drug-likeness (QED) is 0.667. The van der Waals surface area contributed by atoms with Gasteiger partial charge >= 0.3 is 12.1 Å². The monoisotopic (exact) mass is 391 g/mol. The number of carboxylic acid groups (broad SMARTS) is 1. The fourth-order valence-electron chi connectivity index (χ4n) is 3.64. The lowest BCUT2D eigenvalue weighted by molar-refractivity contribution is 0.0698. The summed E-state index contributed by atoms with van der Waals surface area (Å²) < 4.78 is 6.94. The van der Waals surface area contributed by atoms with E-state index in [1.807, 2.05) is 50.2 Å². The molecule has 29 heavy (non-hydrogen) atoms. The average molecular weight is 391 g/mol. The van der Waals surface area contributed by atoms with Crippen molar-refractivity contribution < 1.29 is 19.4 Å². The topological polar surface area (TPSA) is 93.5 Å². The van der Waals surface area contributed by atoms with E-state index in [0.717, 1.165) is 22.3 Å². The molecule has 7 nitrogen and oxygen atoms in total. The van der Waals surface area contributed by atoms with Gasteiger partial charge in [-0.05, 0) is 36.1 Å². The van der Waals surface area contributed by atoms with Gasteiger partial charge in [0, 0.05) is 18.2 Å². The molecule has 3 aromatic rings. The minimum atomic E-state index is -1.16. The zero-order valence-electron chi connectivity index (χ0n) is 16.1. The maximum atomic E-state index is 12.4. The van der Waals surface area contributed by atoms with Crippen molar-refractivity contribution >= 4 is 17.9 Å². The molecular weight excluding hydrogens is 370 g/mol. The lowest BCUT2D eigenvalue weighted by atomic mass is 9.98. The number of carbonyl (C=O) groups excluding carboxylic acids is 1. The maximum absolute atomic E-state index is 12.4. The summed E-state index contributed by atoms with van der Waals surface area (Å²) in [7, 11) is 0. The molecule has 4 rings (SSSR count). The number of rotatable bonds is 5. The van der Waals surface area contributed by atoms with Crippen molar-refractivity contribution in [1.29, 1.82) is 0 Å². The molecule has 0 saturated heterocycles. The fourth-order valence-corrected chi connectivity index (χ4v) is 3.64. The van der Waals surface area contributed by atoms with Crippen LogP contribution >= 0.6 is 0 Å². The molecular formula is C22H21N3O4. The highest BCUT2D eigenvalue weighted by Gasteiger charge is 2.29. The number of carbonyl (C=O) groups is 2. The Hall–Kier alpha value is -3.61. The Kier molecular flexibility index (Phi) is 4.80. The first kappa shape index (κ1) is 18.7. The molecule has 7 heteroatoms. The lowest BCUT2D eigenvalue weighted by Crippen LogP contribution is -2.19. The predicted octanol–water partition coefficient (Wildman–Crippen LogP) is 4.52. The zero-order valence-corrected chi connectivity index (χ0v) is 16.1. The lowest BCUT2D eigenvalue weighted by Gasteiger charge is -2.14. The van der Waals surface area contributed by atoms with Crippen LogP contribution in [-0.4, -0.2) is 33.6 Å². The molecule has 1 amide bonds. The van der Waals surface area contributed by atoms with Crippen molar-refractivity contribution in [1.82, 2.24) is 9.78 Å². The Morgan fingerprint density at radius 3 is 2.24 bits per heavy atom. The van der Waals surface area contributed by atoms with E-state index in [0.29, 0.717) is 0 Å². The van der Waals surface area contributed by atoms with Crippen molar-refractivity contribution in [3.63, 3.8) is 0 Å². The second kappa shape index (κ2) is 7.43. The van der Waals surface area contributed by atoms with Crippen LogP contribution in [0, 0.1) is 0 Å². The van der Waals surface area contributed by atoms with Crippen LogP contribution in [0.15, 0.2) is 54.7 Å². The van der Waals surface area contributed by atoms with Gasteiger partial charge in [-0.15, -0.1) is 0 Å². The van der Waals surface area contributed by atoms with Crippen LogP contribution in [0.25, 0.3) is 11.1 Å². The number of benzene rings is 2. The molecule has 0 unspecified atom stereocenters. The molecule has 0 saturated carbocycles. The second-order valence-corrected chi connectivity index (χ2v) is 7.22. The van der Waals surface area contributed by atoms with Gasteiger partial charge in [-0.1, -0.05) is 48.5 Å². The Morgan fingerprint density at radius 1 is 1.10 bits per heavy atom. The van der Waals surface area contributed by atoms with Crippen molar-refractivity contribution in [3.05, 3.63) is 71.4 Å². The summed E-state index contributed by atoms with van der Waals surface area (Å²) in [6, 6.07) is 16.1. The van der Waals surface area contributed by atoms with Gasteiger partial charge in [0.15, 0.2) is 5.82 Å². The molecule has 2 N–H and O–H groups in total. The van der Waals surface area contributed by atoms with Gasteiger partial charge in [-0.2, -0.15) is 5.10 Å². The third-order valence-electron chi connectivity index (χ3n) is 5.06. The van der Waals surface area contributed by atoms with E-state index in [1.54, 1.807) is 0 Å². The standard InChI is InChI=1S/C22H21N3O4/c1-13(2)25-11-18(21(26)27)20(24-25)23-22(28)29-12-19-16-9-5-3-7-14(16)15-8-4-6-10-17(15)19/h3-11,13,19H,12H2,1-2H3,(H,26,27)(H,23,24,28). The molecule has 0 fully saturated rings. The number of fused-ring (bicyclic) bond motifs is 3. The van der Waals surface area contributed by atoms with Crippen LogP contribution in [0.4, 0.5) is 10.6 Å². The van der Waals surface area contributed by atoms with Crippen LogP contribution in [0.2, 0.25) is 0 Å². The van der Waals surface area contributed by atoms with E-state index >= 15 is 0 Å². The van der Waals surface area contributed by atoms with Crippen LogP contribution in [0.1, 0.15) is 47.3 Å². The molecule has 0 bridgehead atoms. The normalized spacial score (nSPS) is 12.5. The third kappa shape index (κ3) is 3.47. The van der Waals surface area contributed by atoms with E-state index in [9.17, 15) is 14.7 Å². The summed E-state index contributed by atoms with van der Waals surface area (Å²) in [5, 5.41) is 16.0. The molecule has 1 heterocycles. The first-order chi connectivity index (χ1) is 14.0. The highest BCUT2D eigenvalue weighted by Crippen LogP contribution is 2.44. The molecule has 0 aliphatic heterocycles. The first-order valence-electron chi connectivity index (χ1n) is 9.40. The fraction of sp³-hybridized carbons (Fsp3) is 0.227. The molecule has 1 aliphatic carbocycles. The molecule has 2 aromatic carbocycles. The smallest absolute Gasteiger partial charge is 0.412 e. The summed E-state index contributed by atoms with van der Waals surface area (Å²) in [6.45, 7) is 3.89. The Labute approximate surface area is 167 Å². The number of carboxylic acids is 1. The molecule has 0 radical (unpaired) electrons. The Balaban J connectivity index is 1.51. The number of anilines is 1. The van der Waals surface area contributed by atoms with Crippen molar-refractivity contribution in [2.24, 2.45) is 0 Å². The maximum Gasteiger partial charge on any atom is 0.412 e. The number of aromatic nitrogens is 2. The first-order valence-corrected chi connectivity index (χ1v) is 9.40. The van der Waals surface area contributed by atoms with Gasteiger partial charge in [-0.3, -0.25) is 10.00 Å². The number of amides is 1. The van der Waals surface area contributed by atoms with E-state index in [4.69, 9.17) is 4.74 Å². The number of hydrogen-bond donors (Lipinski definition) is 2. The molecule has 1 aliphatic rings. The summed E-state index contributed by atoms with van der Waals surface area (Å²) >= 11 is 0. The Morgan fingerprint density at radius 2 is 1.69 bits per heavy atom. The van der Waals surface area contributed by atoms with Gasteiger partial charge < -0.3 is 9.84 Å². The number of hydrogen-bond acceptors (Lipinski definition) is 4. The molecule has 0 atom stereocenters. The summed E-state index contributed by atoms with van der Waals surface area (Å²) in [5.41, 5.74) is 4.42. The zero-order chi connectivity index (χ0) is 20.5. The van der Waals surface area contributed by atoms with Gasteiger partial charge in [0.1, 0.15) is 12.2 Å². The minimum Gasteiger partial charge on any atom is -0.477 e. The van der Waals surface area contributed by atoms with Gasteiger partial charge in [0.05, 0.1) is 0 Å². The molecule has 1 aromatic heterocycles.